The lowest BCUT2D eigenvalue weighted by atomic mass is 10.2. The van der Waals surface area contributed by atoms with Gasteiger partial charge in [-0.05, 0) is 6.92 Å². The molecule has 1 N–H and O–H groups in total. The van der Waals surface area contributed by atoms with Crippen LogP contribution in [0.25, 0.3) is 0 Å². The fourth-order valence-electron chi connectivity index (χ4n) is 1.81. The molecule has 1 aromatic heterocycles. The van der Waals surface area contributed by atoms with Crippen LogP contribution in [-0.4, -0.2) is 16.5 Å². The highest BCUT2D eigenvalue weighted by molar-refractivity contribution is 7.09. The van der Waals surface area contributed by atoms with Crippen molar-refractivity contribution in [2.45, 2.75) is 19.9 Å². The Morgan fingerprint density at radius 3 is 2.95 bits per heavy atom. The zero-order chi connectivity index (χ0) is 14.5. The molecule has 1 heterocycles. The number of hydrogen-bond acceptors (Lipinski definition) is 5. The van der Waals surface area contributed by atoms with E-state index < -0.39 is 16.4 Å². The van der Waals surface area contributed by atoms with Gasteiger partial charge in [-0.3, -0.25) is 10.1 Å². The molecular formula is C13H14FN3O2S. The largest absolute Gasteiger partial charge is 0.312 e. The number of rotatable bonds is 6. The van der Waals surface area contributed by atoms with Gasteiger partial charge in [0, 0.05) is 36.5 Å². The number of aromatic nitrogens is 1. The molecule has 0 bridgehead atoms. The predicted octanol–water partition coefficient (Wildman–Crippen LogP) is 2.83. The first kappa shape index (κ1) is 14.5. The number of nitrogens with zero attached hydrogens (tertiary/aromatic N) is 2. The highest BCUT2D eigenvalue weighted by Crippen LogP contribution is 2.19. The fraction of sp³-hybridized carbons (Fsp3) is 0.308. The van der Waals surface area contributed by atoms with Crippen LogP contribution in [0.5, 0.6) is 0 Å². The van der Waals surface area contributed by atoms with Crippen molar-refractivity contribution in [3.05, 3.63) is 55.8 Å². The van der Waals surface area contributed by atoms with Gasteiger partial charge in [0.2, 0.25) is 5.82 Å². The van der Waals surface area contributed by atoms with Crippen molar-refractivity contribution in [2.24, 2.45) is 0 Å². The number of nitrogens with one attached hydrogen (secondary N) is 1. The zero-order valence-electron chi connectivity index (χ0n) is 10.9. The molecule has 0 saturated carbocycles. The summed E-state index contributed by atoms with van der Waals surface area (Å²) in [6, 6.07) is 4.20. The van der Waals surface area contributed by atoms with Crippen molar-refractivity contribution < 1.29 is 9.31 Å². The minimum absolute atomic E-state index is 0.261. The molecule has 0 unspecified atom stereocenters. The van der Waals surface area contributed by atoms with E-state index in [1.165, 1.54) is 6.07 Å². The van der Waals surface area contributed by atoms with E-state index in [0.717, 1.165) is 23.2 Å². The summed E-state index contributed by atoms with van der Waals surface area (Å²) >= 11 is 1.59. The molecule has 0 spiro atoms. The number of nitro benzene ring substituents is 1. The van der Waals surface area contributed by atoms with Crippen LogP contribution in [0, 0.1) is 22.9 Å². The number of aryl methyl sites for hydroxylation is 1. The van der Waals surface area contributed by atoms with E-state index in [4.69, 9.17) is 0 Å². The number of benzene rings is 1. The van der Waals surface area contributed by atoms with E-state index >= 15 is 0 Å². The first-order valence-electron chi connectivity index (χ1n) is 6.11. The molecule has 0 radical (unpaired) electrons. The molecule has 7 heteroatoms. The van der Waals surface area contributed by atoms with E-state index in [0.29, 0.717) is 12.1 Å². The third-order valence-corrected chi connectivity index (χ3v) is 3.62. The Bertz CT molecular complexity index is 615. The lowest BCUT2D eigenvalue weighted by molar-refractivity contribution is -0.387. The van der Waals surface area contributed by atoms with Crippen molar-refractivity contribution in [3.63, 3.8) is 0 Å². The Morgan fingerprint density at radius 2 is 2.30 bits per heavy atom. The van der Waals surface area contributed by atoms with Crippen molar-refractivity contribution in [2.75, 3.05) is 6.54 Å². The maximum Gasteiger partial charge on any atom is 0.305 e. The predicted molar refractivity (Wildman–Crippen MR) is 75.3 cm³/mol. The van der Waals surface area contributed by atoms with E-state index in [9.17, 15) is 14.5 Å². The summed E-state index contributed by atoms with van der Waals surface area (Å²) in [5.74, 6) is -0.769. The van der Waals surface area contributed by atoms with E-state index in [1.807, 2.05) is 12.3 Å². The van der Waals surface area contributed by atoms with Crippen LogP contribution in [0.3, 0.4) is 0 Å². The van der Waals surface area contributed by atoms with Gasteiger partial charge in [-0.2, -0.15) is 4.39 Å². The van der Waals surface area contributed by atoms with Crippen LogP contribution in [0.2, 0.25) is 0 Å². The summed E-state index contributed by atoms with van der Waals surface area (Å²) in [5, 5.41) is 16.7. The van der Waals surface area contributed by atoms with Crippen molar-refractivity contribution >= 4 is 17.0 Å². The number of halogens is 1. The van der Waals surface area contributed by atoms with Crippen LogP contribution < -0.4 is 5.32 Å². The molecule has 0 fully saturated rings. The van der Waals surface area contributed by atoms with Gasteiger partial charge in [-0.25, -0.2) is 4.98 Å². The number of nitro groups is 1. The SMILES string of the molecule is Cc1nc(CCNCc2cccc([N+](=O)[O-])c2F)cs1. The Morgan fingerprint density at radius 1 is 1.50 bits per heavy atom. The quantitative estimate of drug-likeness (QED) is 0.505. The van der Waals surface area contributed by atoms with Crippen LogP contribution in [0.1, 0.15) is 16.3 Å². The van der Waals surface area contributed by atoms with Gasteiger partial charge < -0.3 is 5.32 Å². The standard InChI is InChI=1S/C13H14FN3O2S/c1-9-16-11(8-20-9)5-6-15-7-10-3-2-4-12(13(10)14)17(18)19/h2-4,8,15H,5-7H2,1H3. The van der Waals surface area contributed by atoms with Gasteiger partial charge in [0.05, 0.1) is 15.6 Å². The van der Waals surface area contributed by atoms with Crippen molar-refractivity contribution in [1.82, 2.24) is 10.3 Å². The van der Waals surface area contributed by atoms with Crippen LogP contribution in [-0.2, 0) is 13.0 Å². The Balaban J connectivity index is 1.88. The Hall–Kier alpha value is -1.86. The molecular weight excluding hydrogens is 281 g/mol. The molecule has 0 aliphatic rings. The topological polar surface area (TPSA) is 68.1 Å². The molecule has 20 heavy (non-hydrogen) atoms. The summed E-state index contributed by atoms with van der Waals surface area (Å²) in [5.41, 5.74) is 0.813. The third-order valence-electron chi connectivity index (χ3n) is 2.79. The summed E-state index contributed by atoms with van der Waals surface area (Å²) in [4.78, 5) is 14.2. The van der Waals surface area contributed by atoms with E-state index in [-0.39, 0.29) is 6.54 Å². The first-order chi connectivity index (χ1) is 9.58. The second kappa shape index (κ2) is 6.53. The second-order valence-electron chi connectivity index (χ2n) is 4.29. The Kier molecular flexibility index (Phi) is 4.75. The maximum atomic E-state index is 13.8. The lowest BCUT2D eigenvalue weighted by Crippen LogP contribution is -2.18. The van der Waals surface area contributed by atoms with Crippen LogP contribution >= 0.6 is 11.3 Å². The van der Waals surface area contributed by atoms with Crippen molar-refractivity contribution in [1.29, 1.82) is 0 Å². The molecule has 0 aliphatic heterocycles. The van der Waals surface area contributed by atoms with Gasteiger partial charge in [0.1, 0.15) is 0 Å². The zero-order valence-corrected chi connectivity index (χ0v) is 11.7. The summed E-state index contributed by atoms with van der Waals surface area (Å²) in [6.07, 6.45) is 0.751. The molecule has 2 rings (SSSR count). The van der Waals surface area contributed by atoms with Crippen molar-refractivity contribution in [3.8, 4) is 0 Å². The molecule has 2 aromatic rings. The second-order valence-corrected chi connectivity index (χ2v) is 5.35. The number of hydrogen-bond donors (Lipinski definition) is 1. The highest BCUT2D eigenvalue weighted by atomic mass is 32.1. The normalized spacial score (nSPS) is 10.7. The van der Waals surface area contributed by atoms with Crippen LogP contribution in [0.15, 0.2) is 23.6 Å². The molecule has 0 saturated heterocycles. The summed E-state index contributed by atoms with van der Waals surface area (Å²) in [7, 11) is 0. The average Bonchev–Trinajstić information content (AvgIpc) is 2.82. The smallest absolute Gasteiger partial charge is 0.305 e. The van der Waals surface area contributed by atoms with E-state index in [2.05, 4.69) is 10.3 Å². The summed E-state index contributed by atoms with van der Waals surface area (Å²) in [6.45, 7) is 2.85. The minimum Gasteiger partial charge on any atom is -0.312 e. The summed E-state index contributed by atoms with van der Waals surface area (Å²) < 4.78 is 13.8. The maximum absolute atomic E-state index is 13.8. The first-order valence-corrected chi connectivity index (χ1v) is 6.99. The lowest BCUT2D eigenvalue weighted by Gasteiger charge is -2.05. The third kappa shape index (κ3) is 3.58. The number of thiazole rings is 1. The van der Waals surface area contributed by atoms with Gasteiger partial charge in [0.25, 0.3) is 0 Å². The molecule has 0 atom stereocenters. The highest BCUT2D eigenvalue weighted by Gasteiger charge is 2.16. The Labute approximate surface area is 119 Å². The van der Waals surface area contributed by atoms with Gasteiger partial charge in [-0.15, -0.1) is 11.3 Å². The molecule has 0 amide bonds. The monoisotopic (exact) mass is 295 g/mol. The van der Waals surface area contributed by atoms with Gasteiger partial charge in [0.15, 0.2) is 0 Å². The van der Waals surface area contributed by atoms with Crippen LogP contribution in [0.4, 0.5) is 10.1 Å². The van der Waals surface area contributed by atoms with Gasteiger partial charge in [-0.1, -0.05) is 12.1 Å². The minimum atomic E-state index is -0.769. The molecule has 106 valence electrons. The van der Waals surface area contributed by atoms with Gasteiger partial charge >= 0.3 is 5.69 Å². The fourth-order valence-corrected chi connectivity index (χ4v) is 2.45. The molecule has 5 nitrogen and oxygen atoms in total. The average molecular weight is 295 g/mol. The van der Waals surface area contributed by atoms with E-state index in [1.54, 1.807) is 17.4 Å². The molecule has 1 aromatic carbocycles. The molecule has 0 aliphatic carbocycles.